The van der Waals surface area contributed by atoms with Crippen molar-refractivity contribution < 1.29 is 19.4 Å². The Hall–Kier alpha value is -3.19. The van der Waals surface area contributed by atoms with Crippen molar-refractivity contribution in [2.45, 2.75) is 20.4 Å². The molecule has 146 valence electrons. The number of carbonyl (C=O) groups excluding carboxylic acids is 1. The maximum Gasteiger partial charge on any atom is 0.295 e. The molecule has 7 nitrogen and oxygen atoms in total. The van der Waals surface area contributed by atoms with Crippen LogP contribution in [0, 0.1) is 0 Å². The van der Waals surface area contributed by atoms with E-state index in [1.165, 1.54) is 0 Å². The number of hydrogen-bond donors (Lipinski definition) is 1. The van der Waals surface area contributed by atoms with Gasteiger partial charge in [-0.1, -0.05) is 18.2 Å². The summed E-state index contributed by atoms with van der Waals surface area (Å²) in [5.74, 6) is 0.156. The van der Waals surface area contributed by atoms with Gasteiger partial charge in [0.05, 0.1) is 18.7 Å². The zero-order valence-corrected chi connectivity index (χ0v) is 16.0. The second-order valence-corrected chi connectivity index (χ2v) is 6.00. The third kappa shape index (κ3) is 4.20. The van der Waals surface area contributed by atoms with Crippen LogP contribution in [0.3, 0.4) is 0 Å². The number of para-hydroxylation sites is 1. The van der Waals surface area contributed by atoms with Crippen LogP contribution in [0.1, 0.15) is 24.2 Å². The quantitative estimate of drug-likeness (QED) is 0.452. The molecule has 1 heterocycles. The Morgan fingerprint density at radius 2 is 1.82 bits per heavy atom. The third-order valence-corrected chi connectivity index (χ3v) is 4.23. The van der Waals surface area contributed by atoms with E-state index >= 15 is 0 Å². The number of fused-ring (bicyclic) bond motifs is 1. The van der Waals surface area contributed by atoms with Gasteiger partial charge in [0.1, 0.15) is 5.75 Å². The van der Waals surface area contributed by atoms with Gasteiger partial charge in [0.2, 0.25) is 5.88 Å². The lowest BCUT2D eigenvalue weighted by Crippen LogP contribution is -2.05. The fourth-order valence-electron chi connectivity index (χ4n) is 2.91. The molecule has 28 heavy (non-hydrogen) atoms. The average molecular weight is 381 g/mol. The molecule has 1 aromatic heterocycles. The zero-order chi connectivity index (χ0) is 19.9. The first-order chi connectivity index (χ1) is 13.7. The second-order valence-electron chi connectivity index (χ2n) is 6.00. The Morgan fingerprint density at radius 1 is 1.07 bits per heavy atom. The highest BCUT2D eigenvalue weighted by molar-refractivity contribution is 5.97. The van der Waals surface area contributed by atoms with Crippen molar-refractivity contribution in [2.24, 2.45) is 10.2 Å². The molecule has 0 bridgehead atoms. The van der Waals surface area contributed by atoms with Gasteiger partial charge in [0.15, 0.2) is 5.69 Å². The number of aromatic nitrogens is 1. The molecule has 0 saturated heterocycles. The smallest absolute Gasteiger partial charge is 0.295 e. The predicted molar refractivity (Wildman–Crippen MR) is 107 cm³/mol. The number of hydrogen-bond acceptors (Lipinski definition) is 5. The van der Waals surface area contributed by atoms with Gasteiger partial charge in [0.25, 0.3) is 5.91 Å². The molecule has 0 radical (unpaired) electrons. The van der Waals surface area contributed by atoms with E-state index in [9.17, 15) is 9.90 Å². The molecule has 2 aromatic carbocycles. The van der Waals surface area contributed by atoms with E-state index in [1.54, 1.807) is 28.8 Å². The number of rotatable bonds is 8. The minimum atomic E-state index is -0.492. The molecule has 1 amide bonds. The summed E-state index contributed by atoms with van der Waals surface area (Å²) in [5.41, 5.74) is 1.47. The van der Waals surface area contributed by atoms with Crippen LogP contribution in [-0.2, 0) is 11.3 Å². The maximum absolute atomic E-state index is 12.3. The van der Waals surface area contributed by atoms with E-state index < -0.39 is 5.91 Å². The maximum atomic E-state index is 12.3. The fraction of sp³-hybridized carbons (Fsp3) is 0.286. The van der Waals surface area contributed by atoms with Gasteiger partial charge < -0.3 is 19.1 Å². The fourth-order valence-corrected chi connectivity index (χ4v) is 2.91. The van der Waals surface area contributed by atoms with Gasteiger partial charge in [0, 0.05) is 24.1 Å². The molecule has 3 aromatic rings. The van der Waals surface area contributed by atoms with Gasteiger partial charge in [-0.25, -0.2) is 0 Å². The Morgan fingerprint density at radius 3 is 2.54 bits per heavy atom. The summed E-state index contributed by atoms with van der Waals surface area (Å²) in [7, 11) is 0. The van der Waals surface area contributed by atoms with Crippen molar-refractivity contribution in [3.63, 3.8) is 0 Å². The number of aromatic hydroxyl groups is 1. The number of nitrogens with zero attached hydrogens (tertiary/aromatic N) is 3. The zero-order valence-electron chi connectivity index (χ0n) is 16.0. The van der Waals surface area contributed by atoms with Crippen molar-refractivity contribution in [3.8, 4) is 11.6 Å². The summed E-state index contributed by atoms with van der Waals surface area (Å²) in [6.45, 7) is 5.90. The first kappa shape index (κ1) is 19.6. The number of azo groups is 1. The third-order valence-electron chi connectivity index (χ3n) is 4.23. The summed E-state index contributed by atoms with van der Waals surface area (Å²) in [6.07, 6.45) is 0. The molecule has 0 atom stereocenters. The summed E-state index contributed by atoms with van der Waals surface area (Å²) in [6, 6.07) is 14.1. The van der Waals surface area contributed by atoms with Crippen LogP contribution in [0.2, 0.25) is 0 Å². The molecule has 0 aliphatic carbocycles. The van der Waals surface area contributed by atoms with Crippen LogP contribution in [0.25, 0.3) is 10.9 Å². The summed E-state index contributed by atoms with van der Waals surface area (Å²) >= 11 is 0. The van der Waals surface area contributed by atoms with Crippen molar-refractivity contribution in [3.05, 3.63) is 54.1 Å². The molecule has 0 fully saturated rings. The van der Waals surface area contributed by atoms with Crippen LogP contribution < -0.4 is 4.74 Å². The Bertz CT molecular complexity index is 977. The topological polar surface area (TPSA) is 85.4 Å². The number of ether oxygens (including phenoxy) is 2. The van der Waals surface area contributed by atoms with E-state index in [0.29, 0.717) is 37.7 Å². The van der Waals surface area contributed by atoms with Crippen molar-refractivity contribution >= 4 is 22.5 Å². The number of benzene rings is 2. The standard InChI is InChI=1S/C21H23N3O4/c1-3-27-14-13-24-18-8-6-5-7-17(18)19(21(24)26)22-23-20(25)15-9-11-16(12-10-15)28-4-2/h5-12,26H,3-4,13-14H2,1-2H3. The highest BCUT2D eigenvalue weighted by atomic mass is 16.5. The molecule has 1 N–H and O–H groups in total. The Kier molecular flexibility index (Phi) is 6.39. The molecule has 0 aliphatic heterocycles. The van der Waals surface area contributed by atoms with Crippen LogP contribution in [0.15, 0.2) is 58.8 Å². The first-order valence-corrected chi connectivity index (χ1v) is 9.22. The number of amides is 1. The minimum absolute atomic E-state index is 0.0378. The van der Waals surface area contributed by atoms with Crippen LogP contribution in [0.4, 0.5) is 5.69 Å². The summed E-state index contributed by atoms with van der Waals surface area (Å²) in [4.78, 5) is 12.3. The normalized spacial score (nSPS) is 11.4. The minimum Gasteiger partial charge on any atom is -0.494 e. The monoisotopic (exact) mass is 381 g/mol. The highest BCUT2D eigenvalue weighted by Gasteiger charge is 2.16. The van der Waals surface area contributed by atoms with Crippen LogP contribution >= 0.6 is 0 Å². The molecular formula is C21H23N3O4. The van der Waals surface area contributed by atoms with Crippen molar-refractivity contribution in [2.75, 3.05) is 19.8 Å². The molecular weight excluding hydrogens is 358 g/mol. The largest absolute Gasteiger partial charge is 0.494 e. The van der Waals surface area contributed by atoms with Gasteiger partial charge in [-0.05, 0) is 44.2 Å². The second kappa shape index (κ2) is 9.14. The summed E-state index contributed by atoms with van der Waals surface area (Å²) < 4.78 is 12.5. The lowest BCUT2D eigenvalue weighted by Gasteiger charge is -2.06. The van der Waals surface area contributed by atoms with Crippen molar-refractivity contribution in [1.29, 1.82) is 0 Å². The molecule has 0 spiro atoms. The molecule has 0 saturated carbocycles. The summed E-state index contributed by atoms with van der Waals surface area (Å²) in [5, 5.41) is 19.2. The van der Waals surface area contributed by atoms with E-state index in [2.05, 4.69) is 10.2 Å². The SMILES string of the molecule is CCOCCn1c(O)c(N=NC(=O)c2ccc(OCC)cc2)c2ccccc21. The van der Waals surface area contributed by atoms with E-state index in [0.717, 1.165) is 10.9 Å². The Balaban J connectivity index is 1.86. The van der Waals surface area contributed by atoms with Crippen molar-refractivity contribution in [1.82, 2.24) is 4.57 Å². The molecule has 0 unspecified atom stereocenters. The molecule has 7 heteroatoms. The van der Waals surface area contributed by atoms with Gasteiger partial charge >= 0.3 is 0 Å². The van der Waals surface area contributed by atoms with E-state index in [4.69, 9.17) is 9.47 Å². The van der Waals surface area contributed by atoms with E-state index in [-0.39, 0.29) is 11.6 Å². The average Bonchev–Trinajstić information content (AvgIpc) is 2.98. The lowest BCUT2D eigenvalue weighted by molar-refractivity contribution is 0.0995. The Labute approximate surface area is 163 Å². The predicted octanol–water partition coefficient (Wildman–Crippen LogP) is 4.71. The van der Waals surface area contributed by atoms with Crippen LogP contribution in [0.5, 0.6) is 11.6 Å². The highest BCUT2D eigenvalue weighted by Crippen LogP contribution is 2.38. The number of carbonyl (C=O) groups is 1. The lowest BCUT2D eigenvalue weighted by atomic mass is 10.2. The van der Waals surface area contributed by atoms with Gasteiger partial charge in [-0.15, -0.1) is 10.2 Å². The van der Waals surface area contributed by atoms with Gasteiger partial charge in [-0.3, -0.25) is 4.79 Å². The molecule has 3 rings (SSSR count). The van der Waals surface area contributed by atoms with Crippen LogP contribution in [-0.4, -0.2) is 35.4 Å². The first-order valence-electron chi connectivity index (χ1n) is 9.22. The van der Waals surface area contributed by atoms with Gasteiger partial charge in [-0.2, -0.15) is 0 Å². The molecule has 0 aliphatic rings. The van der Waals surface area contributed by atoms with E-state index in [1.807, 2.05) is 38.1 Å².